The molecule has 1 aromatic carbocycles. The van der Waals surface area contributed by atoms with Gasteiger partial charge < -0.3 is 15.8 Å². The van der Waals surface area contributed by atoms with Crippen molar-refractivity contribution in [1.29, 1.82) is 5.41 Å². The zero-order chi connectivity index (χ0) is 14.3. The van der Waals surface area contributed by atoms with Gasteiger partial charge >= 0.3 is 5.97 Å². The van der Waals surface area contributed by atoms with Crippen LogP contribution in [-0.4, -0.2) is 30.4 Å². The minimum atomic E-state index is -0.872. The lowest BCUT2D eigenvalue weighted by molar-refractivity contribution is -0.136. The van der Waals surface area contributed by atoms with E-state index in [-0.39, 0.29) is 6.61 Å². The molecule has 0 fully saturated rings. The molecule has 0 aliphatic heterocycles. The number of amides is 1. The van der Waals surface area contributed by atoms with Gasteiger partial charge in [-0.05, 0) is 18.9 Å². The first kappa shape index (κ1) is 14.8. The number of carbonyl (C=O) groups excluding carboxylic acids is 2. The van der Waals surface area contributed by atoms with Crippen LogP contribution in [0.1, 0.15) is 12.5 Å². The first-order valence-corrected chi connectivity index (χ1v) is 5.90. The molecule has 0 aliphatic carbocycles. The van der Waals surface area contributed by atoms with Gasteiger partial charge in [0.15, 0.2) is 0 Å². The van der Waals surface area contributed by atoms with Crippen molar-refractivity contribution in [2.24, 2.45) is 5.73 Å². The van der Waals surface area contributed by atoms with Gasteiger partial charge in [0.1, 0.15) is 0 Å². The van der Waals surface area contributed by atoms with E-state index in [1.54, 1.807) is 6.92 Å². The van der Waals surface area contributed by atoms with E-state index in [1.165, 1.54) is 0 Å². The molecule has 1 atom stereocenters. The molecule has 102 valence electrons. The summed E-state index contributed by atoms with van der Waals surface area (Å²) >= 11 is 0. The van der Waals surface area contributed by atoms with E-state index < -0.39 is 23.8 Å². The minimum Gasteiger partial charge on any atom is -0.460 e. The van der Waals surface area contributed by atoms with Gasteiger partial charge in [0, 0.05) is 0 Å². The Bertz CT molecular complexity index is 459. The van der Waals surface area contributed by atoms with Gasteiger partial charge in [-0.25, -0.2) is 4.79 Å². The lowest BCUT2D eigenvalue weighted by Crippen LogP contribution is -2.46. The standard InChI is InChI=1S/C13H17N3O3/c1-2-19-13(18)11(15)16-12(17)10(14)8-9-6-4-3-5-7-9/h3-7,10H,2,8,14H2,1H3,(H2,15,16,17)/t10-/m1/s1. The number of nitrogens with one attached hydrogen (secondary N) is 2. The second-order valence-corrected chi connectivity index (χ2v) is 3.88. The zero-order valence-electron chi connectivity index (χ0n) is 10.7. The summed E-state index contributed by atoms with van der Waals surface area (Å²) in [7, 11) is 0. The van der Waals surface area contributed by atoms with Crippen LogP contribution >= 0.6 is 0 Å². The van der Waals surface area contributed by atoms with E-state index in [4.69, 9.17) is 11.1 Å². The Morgan fingerprint density at radius 2 is 2.00 bits per heavy atom. The summed E-state index contributed by atoms with van der Waals surface area (Å²) in [5, 5.41) is 9.47. The predicted molar refractivity (Wildman–Crippen MR) is 70.6 cm³/mol. The van der Waals surface area contributed by atoms with Crippen molar-refractivity contribution < 1.29 is 14.3 Å². The predicted octanol–water partition coefficient (Wildman–Crippen LogP) is 0.213. The zero-order valence-corrected chi connectivity index (χ0v) is 10.7. The van der Waals surface area contributed by atoms with Crippen LogP contribution in [0.15, 0.2) is 30.3 Å². The van der Waals surface area contributed by atoms with Crippen LogP contribution in [0, 0.1) is 5.41 Å². The first-order chi connectivity index (χ1) is 9.04. The van der Waals surface area contributed by atoms with E-state index in [9.17, 15) is 9.59 Å². The molecular weight excluding hydrogens is 246 g/mol. The molecule has 0 saturated carbocycles. The molecular formula is C13H17N3O3. The second kappa shape index (κ2) is 7.27. The third kappa shape index (κ3) is 4.89. The summed E-state index contributed by atoms with van der Waals surface area (Å²) in [4.78, 5) is 22.8. The van der Waals surface area contributed by atoms with E-state index in [2.05, 4.69) is 10.1 Å². The Morgan fingerprint density at radius 1 is 1.37 bits per heavy atom. The molecule has 1 amide bonds. The van der Waals surface area contributed by atoms with E-state index >= 15 is 0 Å². The summed E-state index contributed by atoms with van der Waals surface area (Å²) in [6, 6.07) is 8.44. The molecule has 4 N–H and O–H groups in total. The van der Waals surface area contributed by atoms with Crippen molar-refractivity contribution in [2.75, 3.05) is 6.61 Å². The van der Waals surface area contributed by atoms with Gasteiger partial charge in [-0.2, -0.15) is 0 Å². The molecule has 0 saturated heterocycles. The number of rotatable bonds is 4. The highest BCUT2D eigenvalue weighted by atomic mass is 16.5. The molecule has 0 bridgehead atoms. The fraction of sp³-hybridized carbons (Fsp3) is 0.308. The number of nitrogens with two attached hydrogens (primary N) is 1. The molecule has 0 heterocycles. The van der Waals surface area contributed by atoms with Crippen molar-refractivity contribution in [3.63, 3.8) is 0 Å². The molecule has 6 nitrogen and oxygen atoms in total. The Kier molecular flexibility index (Phi) is 5.69. The highest BCUT2D eigenvalue weighted by Gasteiger charge is 2.19. The lowest BCUT2D eigenvalue weighted by Gasteiger charge is -2.12. The maximum Gasteiger partial charge on any atom is 0.373 e. The fourth-order valence-electron chi connectivity index (χ4n) is 1.43. The molecule has 1 aromatic rings. The number of amidine groups is 1. The maximum atomic E-state index is 11.7. The van der Waals surface area contributed by atoms with Crippen molar-refractivity contribution in [2.45, 2.75) is 19.4 Å². The van der Waals surface area contributed by atoms with Crippen LogP contribution in [0.25, 0.3) is 0 Å². The number of hydrogen-bond donors (Lipinski definition) is 3. The molecule has 0 aromatic heterocycles. The van der Waals surface area contributed by atoms with E-state index in [0.29, 0.717) is 6.42 Å². The van der Waals surface area contributed by atoms with Crippen molar-refractivity contribution >= 4 is 17.7 Å². The molecule has 0 radical (unpaired) electrons. The average molecular weight is 263 g/mol. The van der Waals surface area contributed by atoms with Gasteiger partial charge in [0.25, 0.3) is 0 Å². The summed E-state index contributed by atoms with van der Waals surface area (Å²) in [5.41, 5.74) is 6.62. The van der Waals surface area contributed by atoms with Gasteiger partial charge in [-0.3, -0.25) is 10.2 Å². The number of hydrogen-bond acceptors (Lipinski definition) is 5. The quantitative estimate of drug-likeness (QED) is 0.410. The third-order valence-electron chi connectivity index (χ3n) is 2.36. The van der Waals surface area contributed by atoms with Crippen LogP contribution in [0.3, 0.4) is 0 Å². The molecule has 1 rings (SSSR count). The van der Waals surface area contributed by atoms with Crippen LogP contribution in [0.5, 0.6) is 0 Å². The summed E-state index contributed by atoms with van der Waals surface area (Å²) < 4.78 is 4.58. The fourth-order valence-corrected chi connectivity index (χ4v) is 1.43. The van der Waals surface area contributed by atoms with Crippen LogP contribution in [-0.2, 0) is 20.7 Å². The smallest absolute Gasteiger partial charge is 0.373 e. The summed E-state index contributed by atoms with van der Waals surface area (Å²) in [5.74, 6) is -2.06. The van der Waals surface area contributed by atoms with Crippen LogP contribution < -0.4 is 11.1 Å². The third-order valence-corrected chi connectivity index (χ3v) is 2.36. The summed E-state index contributed by atoms with van der Waals surface area (Å²) in [6.07, 6.45) is 0.336. The SMILES string of the molecule is CCOC(=O)C(=N)NC(=O)[C@H](N)Cc1ccccc1. The Hall–Kier alpha value is -2.21. The number of esters is 1. The number of carbonyl (C=O) groups is 2. The topological polar surface area (TPSA) is 105 Å². The molecule has 19 heavy (non-hydrogen) atoms. The van der Waals surface area contributed by atoms with Gasteiger partial charge in [0.05, 0.1) is 12.6 Å². The van der Waals surface area contributed by atoms with Gasteiger partial charge in [-0.1, -0.05) is 30.3 Å². The first-order valence-electron chi connectivity index (χ1n) is 5.90. The summed E-state index contributed by atoms with van der Waals surface area (Å²) in [6.45, 7) is 1.77. The van der Waals surface area contributed by atoms with E-state index in [1.807, 2.05) is 30.3 Å². The van der Waals surface area contributed by atoms with Crippen LogP contribution in [0.2, 0.25) is 0 Å². The number of ether oxygens (including phenoxy) is 1. The maximum absolute atomic E-state index is 11.7. The van der Waals surface area contributed by atoms with E-state index in [0.717, 1.165) is 5.56 Å². The monoisotopic (exact) mass is 263 g/mol. The second-order valence-electron chi connectivity index (χ2n) is 3.88. The highest BCUT2D eigenvalue weighted by Crippen LogP contribution is 2.01. The van der Waals surface area contributed by atoms with Crippen LogP contribution in [0.4, 0.5) is 0 Å². The van der Waals surface area contributed by atoms with Crippen molar-refractivity contribution in [3.05, 3.63) is 35.9 Å². The normalized spacial score (nSPS) is 11.5. The molecule has 0 aliphatic rings. The van der Waals surface area contributed by atoms with Crippen molar-refractivity contribution in [1.82, 2.24) is 5.32 Å². The van der Waals surface area contributed by atoms with Gasteiger partial charge in [0.2, 0.25) is 11.7 Å². The lowest BCUT2D eigenvalue weighted by atomic mass is 10.1. The Balaban J connectivity index is 2.49. The van der Waals surface area contributed by atoms with Crippen molar-refractivity contribution in [3.8, 4) is 0 Å². The Labute approximate surface area is 111 Å². The number of benzene rings is 1. The minimum absolute atomic E-state index is 0.146. The van der Waals surface area contributed by atoms with Gasteiger partial charge in [-0.15, -0.1) is 0 Å². The highest BCUT2D eigenvalue weighted by molar-refractivity contribution is 6.37. The molecule has 0 unspecified atom stereocenters. The average Bonchev–Trinajstić information content (AvgIpc) is 2.40. The largest absolute Gasteiger partial charge is 0.460 e. The molecule has 6 heteroatoms. The Morgan fingerprint density at radius 3 is 2.58 bits per heavy atom. The molecule has 0 spiro atoms.